The number of pyridine rings is 1. The number of rotatable bonds is 5. The van der Waals surface area contributed by atoms with Gasteiger partial charge in [-0.05, 0) is 79.9 Å². The lowest BCUT2D eigenvalue weighted by molar-refractivity contribution is 0.457. The molecule has 0 fully saturated rings. The Labute approximate surface area is 211 Å². The van der Waals surface area contributed by atoms with Gasteiger partial charge in [0.1, 0.15) is 27.9 Å². The van der Waals surface area contributed by atoms with Crippen molar-refractivity contribution >= 4 is 37.5 Å². The van der Waals surface area contributed by atoms with Crippen molar-refractivity contribution < 1.29 is 13.2 Å². The van der Waals surface area contributed by atoms with Crippen molar-refractivity contribution in [2.45, 2.75) is 25.7 Å². The molecule has 35 heavy (non-hydrogen) atoms. The number of nitriles is 1. The van der Waals surface area contributed by atoms with Crippen LogP contribution >= 0.6 is 15.9 Å². The van der Waals surface area contributed by atoms with E-state index < -0.39 is 20.3 Å². The van der Waals surface area contributed by atoms with Crippen molar-refractivity contribution in [2.75, 3.05) is 0 Å². The third-order valence-corrected chi connectivity index (χ3v) is 7.82. The second-order valence-electron chi connectivity index (χ2n) is 7.90. The molecule has 2 heterocycles. The summed E-state index contributed by atoms with van der Waals surface area (Å²) >= 11 is 3.27. The maximum Gasteiger partial charge on any atom is 0.269 e. The number of halogens is 1. The summed E-state index contributed by atoms with van der Waals surface area (Å²) in [4.78, 5) is 17.4. The molecule has 0 saturated carbocycles. The SMILES string of the molecule is Cc1cccc(Oc2nc3c(C)cccn3c(=O)c2/C=C(\C#N)S(=O)(=O)c2ccc(Br)cc2)c1C. The lowest BCUT2D eigenvalue weighted by atomic mass is 10.1. The number of benzene rings is 2. The molecular weight excluding hydrogens is 530 g/mol. The molecule has 0 atom stereocenters. The molecule has 0 radical (unpaired) electrons. The van der Waals surface area contributed by atoms with Crippen LogP contribution in [0.3, 0.4) is 0 Å². The molecule has 2 aromatic carbocycles. The zero-order valence-electron chi connectivity index (χ0n) is 19.1. The number of nitrogens with zero attached hydrogens (tertiary/aromatic N) is 3. The van der Waals surface area contributed by atoms with Gasteiger partial charge < -0.3 is 4.74 Å². The van der Waals surface area contributed by atoms with E-state index in [2.05, 4.69) is 20.9 Å². The van der Waals surface area contributed by atoms with Gasteiger partial charge in [-0.25, -0.2) is 8.42 Å². The van der Waals surface area contributed by atoms with Crippen LogP contribution < -0.4 is 10.3 Å². The standard InChI is InChI=1S/C26H20BrN3O4S/c1-16-6-4-8-23(18(16)3)34-25-22(26(31)30-13-5-7-17(2)24(30)29-25)14-21(15-28)35(32,33)20-11-9-19(27)10-12-20/h4-14H,1-3H3/b21-14+. The Morgan fingerprint density at radius 2 is 1.74 bits per heavy atom. The number of aromatic nitrogens is 2. The first-order chi connectivity index (χ1) is 16.6. The van der Waals surface area contributed by atoms with Crippen molar-refractivity contribution in [2.24, 2.45) is 0 Å². The molecule has 0 aliphatic heterocycles. The summed E-state index contributed by atoms with van der Waals surface area (Å²) in [6.45, 7) is 5.60. The van der Waals surface area contributed by atoms with E-state index in [1.165, 1.54) is 22.7 Å². The van der Waals surface area contributed by atoms with Crippen LogP contribution in [0.1, 0.15) is 22.3 Å². The van der Waals surface area contributed by atoms with E-state index in [-0.39, 0.29) is 16.3 Å². The molecule has 0 spiro atoms. The van der Waals surface area contributed by atoms with E-state index in [0.29, 0.717) is 15.9 Å². The second-order valence-corrected chi connectivity index (χ2v) is 10.7. The van der Waals surface area contributed by atoms with Gasteiger partial charge in [0.05, 0.1) is 4.90 Å². The third kappa shape index (κ3) is 4.63. The first kappa shape index (κ1) is 24.4. The van der Waals surface area contributed by atoms with E-state index in [0.717, 1.165) is 22.8 Å². The molecule has 4 aromatic rings. The summed E-state index contributed by atoms with van der Waals surface area (Å²) in [6.07, 6.45) is 2.56. The summed E-state index contributed by atoms with van der Waals surface area (Å²) in [5, 5.41) is 9.77. The third-order valence-electron chi connectivity index (χ3n) is 5.61. The predicted molar refractivity (Wildman–Crippen MR) is 137 cm³/mol. The smallest absolute Gasteiger partial charge is 0.269 e. The van der Waals surface area contributed by atoms with Gasteiger partial charge in [-0.15, -0.1) is 0 Å². The predicted octanol–water partition coefficient (Wildman–Crippen LogP) is 5.51. The van der Waals surface area contributed by atoms with Crippen LogP contribution in [0.2, 0.25) is 0 Å². The number of hydrogen-bond acceptors (Lipinski definition) is 6. The highest BCUT2D eigenvalue weighted by Gasteiger charge is 2.24. The lowest BCUT2D eigenvalue weighted by Gasteiger charge is -2.14. The minimum Gasteiger partial charge on any atom is -0.438 e. The average Bonchev–Trinajstić information content (AvgIpc) is 2.82. The van der Waals surface area contributed by atoms with Crippen LogP contribution in [0, 0.1) is 32.1 Å². The summed E-state index contributed by atoms with van der Waals surface area (Å²) in [6, 6.07) is 16.6. The maximum atomic E-state index is 13.5. The van der Waals surface area contributed by atoms with Crippen molar-refractivity contribution in [3.8, 4) is 17.7 Å². The molecule has 176 valence electrons. The van der Waals surface area contributed by atoms with Crippen LogP contribution in [0.4, 0.5) is 0 Å². The Balaban J connectivity index is 1.98. The van der Waals surface area contributed by atoms with E-state index in [1.807, 2.05) is 26.0 Å². The molecule has 0 unspecified atom stereocenters. The van der Waals surface area contributed by atoms with E-state index in [1.54, 1.807) is 43.3 Å². The van der Waals surface area contributed by atoms with Gasteiger partial charge in [0.2, 0.25) is 15.7 Å². The fourth-order valence-corrected chi connectivity index (χ4v) is 4.88. The van der Waals surface area contributed by atoms with Crippen molar-refractivity contribution in [3.05, 3.63) is 103 Å². The van der Waals surface area contributed by atoms with E-state index in [9.17, 15) is 18.5 Å². The molecule has 7 nitrogen and oxygen atoms in total. The first-order valence-electron chi connectivity index (χ1n) is 10.5. The van der Waals surface area contributed by atoms with Crippen LogP contribution in [-0.2, 0) is 9.84 Å². The summed E-state index contributed by atoms with van der Waals surface area (Å²) in [7, 11) is -4.20. The van der Waals surface area contributed by atoms with Gasteiger partial charge in [0, 0.05) is 10.7 Å². The highest BCUT2D eigenvalue weighted by molar-refractivity contribution is 9.10. The number of ether oxygens (including phenoxy) is 1. The Bertz CT molecular complexity index is 1700. The Hall–Kier alpha value is -3.74. The fraction of sp³-hybridized carbons (Fsp3) is 0.115. The number of aryl methyl sites for hydroxylation is 2. The number of allylic oxidation sites excluding steroid dienone is 1. The Morgan fingerprint density at radius 3 is 2.43 bits per heavy atom. The van der Waals surface area contributed by atoms with Gasteiger partial charge in [0.25, 0.3) is 5.56 Å². The number of hydrogen-bond donors (Lipinski definition) is 0. The van der Waals surface area contributed by atoms with E-state index >= 15 is 0 Å². The molecule has 9 heteroatoms. The molecule has 4 rings (SSSR count). The van der Waals surface area contributed by atoms with Crippen molar-refractivity contribution in [1.29, 1.82) is 5.26 Å². The molecule has 2 aromatic heterocycles. The van der Waals surface area contributed by atoms with E-state index in [4.69, 9.17) is 4.74 Å². The summed E-state index contributed by atoms with van der Waals surface area (Å²) in [5.74, 6) is 0.385. The molecule has 0 N–H and O–H groups in total. The zero-order chi connectivity index (χ0) is 25.3. The Morgan fingerprint density at radius 1 is 1.06 bits per heavy atom. The second kappa shape index (κ2) is 9.49. The molecule has 0 aliphatic carbocycles. The molecule has 0 bridgehead atoms. The van der Waals surface area contributed by atoms with Gasteiger partial charge in [-0.3, -0.25) is 9.20 Å². The van der Waals surface area contributed by atoms with Crippen LogP contribution in [0.15, 0.2) is 79.9 Å². The molecule has 0 saturated heterocycles. The minimum absolute atomic E-state index is 0.0739. The fourth-order valence-electron chi connectivity index (χ4n) is 3.47. The summed E-state index contributed by atoms with van der Waals surface area (Å²) in [5.41, 5.74) is 2.21. The van der Waals surface area contributed by atoms with Crippen molar-refractivity contribution in [1.82, 2.24) is 9.38 Å². The largest absolute Gasteiger partial charge is 0.438 e. The quantitative estimate of drug-likeness (QED) is 0.304. The lowest BCUT2D eigenvalue weighted by Crippen LogP contribution is -2.20. The minimum atomic E-state index is -4.20. The first-order valence-corrected chi connectivity index (χ1v) is 12.8. The molecule has 0 aliphatic rings. The summed E-state index contributed by atoms with van der Waals surface area (Å²) < 4.78 is 34.5. The normalized spacial score (nSPS) is 11.9. The topological polar surface area (TPSA) is 102 Å². The molecular formula is C26H20BrN3O4S. The van der Waals surface area contributed by atoms with Crippen LogP contribution in [0.5, 0.6) is 11.6 Å². The zero-order valence-corrected chi connectivity index (χ0v) is 21.5. The highest BCUT2D eigenvalue weighted by Crippen LogP contribution is 2.30. The van der Waals surface area contributed by atoms with Gasteiger partial charge in [0.15, 0.2) is 0 Å². The van der Waals surface area contributed by atoms with Gasteiger partial charge >= 0.3 is 0 Å². The Kier molecular flexibility index (Phi) is 6.61. The van der Waals surface area contributed by atoms with Crippen LogP contribution in [0.25, 0.3) is 11.7 Å². The average molecular weight is 550 g/mol. The van der Waals surface area contributed by atoms with Gasteiger partial charge in [-0.2, -0.15) is 10.2 Å². The van der Waals surface area contributed by atoms with Crippen LogP contribution in [-0.4, -0.2) is 17.8 Å². The van der Waals surface area contributed by atoms with Gasteiger partial charge in [-0.1, -0.05) is 34.1 Å². The number of sulfone groups is 1. The van der Waals surface area contributed by atoms with Crippen molar-refractivity contribution in [3.63, 3.8) is 0 Å². The highest BCUT2D eigenvalue weighted by atomic mass is 79.9. The molecule has 0 amide bonds. The number of fused-ring (bicyclic) bond motifs is 1. The monoisotopic (exact) mass is 549 g/mol. The maximum absolute atomic E-state index is 13.5.